The standard InChI is InChI=1S/C30H20F2/c31-23-9-5-7-21(19-23)15-17-29-25-11-1-2-12-26(25)30(28-14-4-3-13-27(28)29)18-16-22-8-6-10-24(32)20-22/h1-20H/b17-15+,18-16+. The second-order valence-electron chi connectivity index (χ2n) is 7.70. The first-order valence-electron chi connectivity index (χ1n) is 10.5. The van der Waals surface area contributed by atoms with Gasteiger partial charge < -0.3 is 0 Å². The van der Waals surface area contributed by atoms with Crippen molar-refractivity contribution in [1.82, 2.24) is 0 Å². The van der Waals surface area contributed by atoms with Gasteiger partial charge in [0.25, 0.3) is 0 Å². The average molecular weight is 418 g/mol. The Bertz CT molecular complexity index is 1320. The zero-order valence-corrected chi connectivity index (χ0v) is 17.3. The van der Waals surface area contributed by atoms with E-state index in [-0.39, 0.29) is 11.6 Å². The van der Waals surface area contributed by atoms with Crippen LogP contribution in [0.5, 0.6) is 0 Å². The third kappa shape index (κ3) is 3.95. The molecule has 0 saturated heterocycles. The number of rotatable bonds is 4. The number of fused-ring (bicyclic) bond motifs is 2. The smallest absolute Gasteiger partial charge is 0.123 e. The molecule has 5 aromatic rings. The molecule has 0 unspecified atom stereocenters. The molecule has 0 saturated carbocycles. The maximum absolute atomic E-state index is 13.6. The van der Waals surface area contributed by atoms with Gasteiger partial charge in [-0.25, -0.2) is 8.78 Å². The zero-order valence-electron chi connectivity index (χ0n) is 17.3. The summed E-state index contributed by atoms with van der Waals surface area (Å²) < 4.78 is 27.3. The van der Waals surface area contributed by atoms with Crippen LogP contribution in [-0.4, -0.2) is 0 Å². The minimum absolute atomic E-state index is 0.250. The lowest BCUT2D eigenvalue weighted by molar-refractivity contribution is 0.627. The van der Waals surface area contributed by atoms with Gasteiger partial charge in [-0.05, 0) is 68.1 Å². The number of halogens is 2. The third-order valence-corrected chi connectivity index (χ3v) is 5.60. The zero-order chi connectivity index (χ0) is 21.9. The molecule has 0 N–H and O–H groups in total. The van der Waals surface area contributed by atoms with E-state index >= 15 is 0 Å². The molecule has 0 aromatic heterocycles. The van der Waals surface area contributed by atoms with Crippen LogP contribution < -0.4 is 0 Å². The Labute approximate surface area is 185 Å². The fraction of sp³-hybridized carbons (Fsp3) is 0. The van der Waals surface area contributed by atoms with Crippen LogP contribution in [0.25, 0.3) is 45.8 Å². The van der Waals surface area contributed by atoms with Crippen molar-refractivity contribution in [3.63, 3.8) is 0 Å². The molecule has 2 heteroatoms. The monoisotopic (exact) mass is 418 g/mol. The summed E-state index contributed by atoms with van der Waals surface area (Å²) in [5.74, 6) is -0.501. The molecule has 0 aliphatic carbocycles. The van der Waals surface area contributed by atoms with Gasteiger partial charge in [0.1, 0.15) is 11.6 Å². The van der Waals surface area contributed by atoms with Gasteiger partial charge in [-0.1, -0.05) is 97.1 Å². The molecule has 0 aliphatic rings. The second kappa shape index (κ2) is 8.60. The second-order valence-corrected chi connectivity index (χ2v) is 7.70. The number of hydrogen-bond acceptors (Lipinski definition) is 0. The van der Waals surface area contributed by atoms with Crippen molar-refractivity contribution in [2.45, 2.75) is 0 Å². The van der Waals surface area contributed by atoms with Gasteiger partial charge in [0.15, 0.2) is 0 Å². The van der Waals surface area contributed by atoms with Crippen molar-refractivity contribution in [3.8, 4) is 0 Å². The summed E-state index contributed by atoms with van der Waals surface area (Å²) in [4.78, 5) is 0. The van der Waals surface area contributed by atoms with Gasteiger partial charge >= 0.3 is 0 Å². The van der Waals surface area contributed by atoms with Crippen LogP contribution in [0, 0.1) is 11.6 Å². The Hall–Kier alpha value is -4.04. The van der Waals surface area contributed by atoms with E-state index in [4.69, 9.17) is 0 Å². The van der Waals surface area contributed by atoms with Gasteiger partial charge in [0, 0.05) is 0 Å². The fourth-order valence-corrected chi connectivity index (χ4v) is 4.13. The predicted octanol–water partition coefficient (Wildman–Crippen LogP) is 8.61. The lowest BCUT2D eigenvalue weighted by Gasteiger charge is -2.13. The molecule has 0 atom stereocenters. The molecule has 0 fully saturated rings. The van der Waals surface area contributed by atoms with Crippen LogP contribution >= 0.6 is 0 Å². The highest BCUT2D eigenvalue weighted by atomic mass is 19.1. The number of benzene rings is 5. The Balaban J connectivity index is 1.72. The summed E-state index contributed by atoms with van der Waals surface area (Å²) in [5, 5.41) is 4.44. The van der Waals surface area contributed by atoms with Crippen molar-refractivity contribution >= 4 is 45.8 Å². The molecule has 0 spiro atoms. The minimum Gasteiger partial charge on any atom is -0.207 e. The summed E-state index contributed by atoms with van der Waals surface area (Å²) in [7, 11) is 0. The van der Waals surface area contributed by atoms with Crippen LogP contribution in [-0.2, 0) is 0 Å². The van der Waals surface area contributed by atoms with Gasteiger partial charge in [-0.3, -0.25) is 0 Å². The third-order valence-electron chi connectivity index (χ3n) is 5.60. The van der Waals surface area contributed by atoms with Crippen LogP contribution in [0.1, 0.15) is 22.3 Å². The first kappa shape index (κ1) is 19.9. The van der Waals surface area contributed by atoms with Crippen LogP contribution in [0.4, 0.5) is 8.78 Å². The molecule has 154 valence electrons. The maximum Gasteiger partial charge on any atom is 0.123 e. The normalized spacial score (nSPS) is 11.8. The van der Waals surface area contributed by atoms with Gasteiger partial charge in [0.05, 0.1) is 0 Å². The maximum atomic E-state index is 13.6. The summed E-state index contributed by atoms with van der Waals surface area (Å²) in [5.41, 5.74) is 3.80. The molecule has 0 amide bonds. The topological polar surface area (TPSA) is 0 Å². The van der Waals surface area contributed by atoms with Crippen LogP contribution in [0.3, 0.4) is 0 Å². The lowest BCUT2D eigenvalue weighted by atomic mass is 9.91. The molecule has 0 aliphatic heterocycles. The highest BCUT2D eigenvalue weighted by Gasteiger charge is 2.10. The van der Waals surface area contributed by atoms with E-state index in [1.165, 1.54) is 24.3 Å². The Morgan fingerprint density at radius 3 is 1.12 bits per heavy atom. The first-order valence-corrected chi connectivity index (χ1v) is 10.5. The van der Waals surface area contributed by atoms with Crippen LogP contribution in [0.15, 0.2) is 97.1 Å². The fourth-order valence-electron chi connectivity index (χ4n) is 4.13. The van der Waals surface area contributed by atoms with Crippen LogP contribution in [0.2, 0.25) is 0 Å². The van der Waals surface area contributed by atoms with E-state index in [2.05, 4.69) is 36.4 Å². The Morgan fingerprint density at radius 1 is 0.406 bits per heavy atom. The van der Waals surface area contributed by atoms with E-state index in [0.29, 0.717) is 0 Å². The van der Waals surface area contributed by atoms with E-state index in [1.54, 1.807) is 12.1 Å². The molecule has 0 bridgehead atoms. The van der Waals surface area contributed by atoms with E-state index < -0.39 is 0 Å². The Morgan fingerprint density at radius 2 is 0.781 bits per heavy atom. The minimum atomic E-state index is -0.250. The molecule has 0 nitrogen and oxygen atoms in total. The van der Waals surface area contributed by atoms with Gasteiger partial charge in [-0.15, -0.1) is 0 Å². The number of hydrogen-bond donors (Lipinski definition) is 0. The first-order chi connectivity index (χ1) is 15.7. The summed E-state index contributed by atoms with van der Waals surface area (Å²) >= 11 is 0. The van der Waals surface area contributed by atoms with Gasteiger partial charge in [-0.2, -0.15) is 0 Å². The van der Waals surface area contributed by atoms with E-state index in [1.807, 2.05) is 48.6 Å². The summed E-state index contributed by atoms with van der Waals surface area (Å²) in [6.45, 7) is 0. The highest BCUT2D eigenvalue weighted by Crippen LogP contribution is 2.35. The molecule has 5 rings (SSSR count). The van der Waals surface area contributed by atoms with Crippen molar-refractivity contribution < 1.29 is 8.78 Å². The molecule has 0 heterocycles. The molecular weight excluding hydrogens is 398 g/mol. The lowest BCUT2D eigenvalue weighted by Crippen LogP contribution is -1.88. The summed E-state index contributed by atoms with van der Waals surface area (Å²) in [6.07, 6.45) is 8.00. The summed E-state index contributed by atoms with van der Waals surface area (Å²) in [6, 6.07) is 29.7. The largest absolute Gasteiger partial charge is 0.207 e. The molecule has 0 radical (unpaired) electrons. The van der Waals surface area contributed by atoms with Crippen molar-refractivity contribution in [3.05, 3.63) is 131 Å². The van der Waals surface area contributed by atoms with Crippen molar-refractivity contribution in [2.24, 2.45) is 0 Å². The van der Waals surface area contributed by atoms with Gasteiger partial charge in [0.2, 0.25) is 0 Å². The highest BCUT2D eigenvalue weighted by molar-refractivity contribution is 6.14. The van der Waals surface area contributed by atoms with Crippen molar-refractivity contribution in [1.29, 1.82) is 0 Å². The van der Waals surface area contributed by atoms with Crippen molar-refractivity contribution in [2.75, 3.05) is 0 Å². The van der Waals surface area contributed by atoms with E-state index in [9.17, 15) is 8.78 Å². The average Bonchev–Trinajstić information content (AvgIpc) is 2.81. The SMILES string of the molecule is Fc1cccc(/C=C/c2c3ccccc3c(/C=C/c3cccc(F)c3)c3ccccc23)c1. The van der Waals surface area contributed by atoms with E-state index in [0.717, 1.165) is 43.8 Å². The molecule has 5 aromatic carbocycles. The molecular formula is C30H20F2. The molecule has 32 heavy (non-hydrogen) atoms. The predicted molar refractivity (Wildman–Crippen MR) is 132 cm³/mol. The Kier molecular flexibility index (Phi) is 5.35. The quantitative estimate of drug-likeness (QED) is 0.202.